The molecule has 0 fully saturated rings. The van der Waals surface area contributed by atoms with E-state index in [0.29, 0.717) is 17.6 Å². The fraction of sp³-hybridized carbons (Fsp3) is 0.222. The van der Waals surface area contributed by atoms with Gasteiger partial charge in [-0.3, -0.25) is 4.79 Å². The van der Waals surface area contributed by atoms with E-state index in [9.17, 15) is 19.1 Å². The molecular formula is C18H17FN2O4. The highest BCUT2D eigenvalue weighted by Gasteiger charge is 2.26. The first-order valence-corrected chi connectivity index (χ1v) is 7.76. The summed E-state index contributed by atoms with van der Waals surface area (Å²) < 4.78 is 18.3. The molecule has 3 N–H and O–H groups in total. The lowest BCUT2D eigenvalue weighted by molar-refractivity contribution is 0.0694. The average Bonchev–Trinajstić information content (AvgIpc) is 3.06. The van der Waals surface area contributed by atoms with Gasteiger partial charge in [0.15, 0.2) is 0 Å². The first-order chi connectivity index (χ1) is 11.5. The van der Waals surface area contributed by atoms with Crippen molar-refractivity contribution in [2.75, 3.05) is 0 Å². The van der Waals surface area contributed by atoms with Crippen molar-refractivity contribution >= 4 is 16.9 Å². The number of halogens is 1. The minimum absolute atomic E-state index is 0. The molecule has 0 spiro atoms. The molecule has 0 amide bonds. The summed E-state index contributed by atoms with van der Waals surface area (Å²) in [5, 5.41) is 9.41. The van der Waals surface area contributed by atoms with Crippen molar-refractivity contribution in [3.05, 3.63) is 64.0 Å². The summed E-state index contributed by atoms with van der Waals surface area (Å²) in [5.74, 6) is -1.81. The molecule has 1 unspecified atom stereocenters. The van der Waals surface area contributed by atoms with Crippen LogP contribution in [0, 0.1) is 5.82 Å². The molecule has 0 saturated carbocycles. The smallest absolute Gasteiger partial charge is 0.341 e. The zero-order valence-electron chi connectivity index (χ0n) is 13.5. The number of benzene rings is 1. The molecule has 0 aliphatic carbocycles. The summed E-state index contributed by atoms with van der Waals surface area (Å²) in [5.41, 5.74) is 0.843. The minimum atomic E-state index is -1.29. The lowest BCUT2D eigenvalue weighted by Gasteiger charge is -2.28. The molecule has 4 rings (SSSR count). The van der Waals surface area contributed by atoms with E-state index in [4.69, 9.17) is 0 Å². The maximum absolute atomic E-state index is 14.8. The molecule has 7 heteroatoms. The number of pyridine rings is 1. The SMILES string of the molecule is CC1CCc2c(-n3cccc3)c(F)cc3c(=O)c(C(=O)O)cn1c23.O. The second-order valence-electron chi connectivity index (χ2n) is 6.14. The third-order valence-corrected chi connectivity index (χ3v) is 4.72. The number of rotatable bonds is 2. The number of aromatic carboxylic acids is 1. The summed E-state index contributed by atoms with van der Waals surface area (Å²) in [6.45, 7) is 1.97. The van der Waals surface area contributed by atoms with Crippen LogP contribution in [0.3, 0.4) is 0 Å². The van der Waals surface area contributed by atoms with Crippen LogP contribution in [0.1, 0.15) is 35.3 Å². The Bertz CT molecular complexity index is 1040. The van der Waals surface area contributed by atoms with Crippen LogP contribution in [0.5, 0.6) is 0 Å². The Labute approximate surface area is 142 Å². The van der Waals surface area contributed by atoms with Crippen molar-refractivity contribution in [3.8, 4) is 5.69 Å². The first-order valence-electron chi connectivity index (χ1n) is 7.76. The Balaban J connectivity index is 0.00000182. The van der Waals surface area contributed by atoms with Gasteiger partial charge < -0.3 is 19.7 Å². The molecule has 6 nitrogen and oxygen atoms in total. The van der Waals surface area contributed by atoms with Crippen molar-refractivity contribution in [1.29, 1.82) is 0 Å². The van der Waals surface area contributed by atoms with Gasteiger partial charge in [-0.25, -0.2) is 9.18 Å². The third-order valence-electron chi connectivity index (χ3n) is 4.72. The number of nitrogens with zero attached hydrogens (tertiary/aromatic N) is 2. The van der Waals surface area contributed by atoms with Gasteiger partial charge in [0, 0.05) is 35.6 Å². The lowest BCUT2D eigenvalue weighted by Crippen LogP contribution is -2.25. The Morgan fingerprint density at radius 1 is 1.32 bits per heavy atom. The Morgan fingerprint density at radius 2 is 2.00 bits per heavy atom. The fourth-order valence-electron chi connectivity index (χ4n) is 3.55. The largest absolute Gasteiger partial charge is 0.477 e. The van der Waals surface area contributed by atoms with Crippen LogP contribution in [0.4, 0.5) is 4.39 Å². The van der Waals surface area contributed by atoms with Crippen LogP contribution in [-0.4, -0.2) is 25.7 Å². The highest BCUT2D eigenvalue weighted by Crippen LogP contribution is 2.35. The van der Waals surface area contributed by atoms with E-state index in [1.165, 1.54) is 6.20 Å². The van der Waals surface area contributed by atoms with Gasteiger partial charge in [-0.2, -0.15) is 0 Å². The minimum Gasteiger partial charge on any atom is -0.477 e. The zero-order chi connectivity index (χ0) is 17.0. The molecule has 1 aliphatic heterocycles. The molecule has 3 aromatic rings. The van der Waals surface area contributed by atoms with E-state index >= 15 is 0 Å². The quantitative estimate of drug-likeness (QED) is 0.772. The predicted octanol–water partition coefficient (Wildman–Crippen LogP) is 2.31. The Kier molecular flexibility index (Phi) is 3.96. The Hall–Kier alpha value is -2.93. The van der Waals surface area contributed by atoms with Gasteiger partial charge >= 0.3 is 5.97 Å². The summed E-state index contributed by atoms with van der Waals surface area (Å²) >= 11 is 0. The zero-order valence-corrected chi connectivity index (χ0v) is 13.5. The molecule has 130 valence electrons. The van der Waals surface area contributed by atoms with E-state index < -0.39 is 17.2 Å². The number of hydrogen-bond acceptors (Lipinski definition) is 2. The van der Waals surface area contributed by atoms with Gasteiger partial charge in [0.2, 0.25) is 5.43 Å². The molecule has 0 bridgehead atoms. The first kappa shape index (κ1) is 16.9. The second-order valence-corrected chi connectivity index (χ2v) is 6.14. The van der Waals surface area contributed by atoms with Crippen molar-refractivity contribution in [2.45, 2.75) is 25.8 Å². The predicted molar refractivity (Wildman–Crippen MR) is 91.1 cm³/mol. The maximum Gasteiger partial charge on any atom is 0.341 e. The lowest BCUT2D eigenvalue weighted by atomic mass is 9.94. The van der Waals surface area contributed by atoms with Crippen LogP contribution >= 0.6 is 0 Å². The van der Waals surface area contributed by atoms with Crippen LogP contribution in [0.2, 0.25) is 0 Å². The molecule has 3 heterocycles. The molecule has 1 atom stereocenters. The van der Waals surface area contributed by atoms with Crippen LogP contribution in [0.15, 0.2) is 41.6 Å². The van der Waals surface area contributed by atoms with Gasteiger partial charge in [-0.1, -0.05) is 0 Å². The van der Waals surface area contributed by atoms with Crippen molar-refractivity contribution in [2.24, 2.45) is 0 Å². The number of carbonyl (C=O) groups is 1. The van der Waals surface area contributed by atoms with Crippen molar-refractivity contribution in [3.63, 3.8) is 0 Å². The number of carboxylic acid groups (broad SMARTS) is 1. The average molecular weight is 344 g/mol. The van der Waals surface area contributed by atoms with Gasteiger partial charge in [-0.15, -0.1) is 0 Å². The molecule has 1 aliphatic rings. The van der Waals surface area contributed by atoms with E-state index in [2.05, 4.69) is 0 Å². The van der Waals surface area contributed by atoms with Crippen LogP contribution in [-0.2, 0) is 6.42 Å². The fourth-order valence-corrected chi connectivity index (χ4v) is 3.55. The third kappa shape index (κ3) is 2.35. The highest BCUT2D eigenvalue weighted by molar-refractivity contribution is 5.94. The number of aromatic nitrogens is 2. The van der Waals surface area contributed by atoms with Gasteiger partial charge in [0.05, 0.1) is 11.2 Å². The molecule has 0 radical (unpaired) electrons. The van der Waals surface area contributed by atoms with E-state index in [1.54, 1.807) is 21.5 Å². The second kappa shape index (κ2) is 5.86. The normalized spacial score (nSPS) is 15.8. The van der Waals surface area contributed by atoms with Crippen molar-refractivity contribution in [1.82, 2.24) is 9.13 Å². The summed E-state index contributed by atoms with van der Waals surface area (Å²) in [6.07, 6.45) is 6.29. The summed E-state index contributed by atoms with van der Waals surface area (Å²) in [7, 11) is 0. The van der Waals surface area contributed by atoms with Gasteiger partial charge in [0.25, 0.3) is 0 Å². The number of aryl methyl sites for hydroxylation is 1. The molecule has 25 heavy (non-hydrogen) atoms. The van der Waals surface area contributed by atoms with Crippen LogP contribution < -0.4 is 5.43 Å². The standard InChI is InChI=1S/C18H15FN2O3.H2O/c1-10-4-5-11-15-12(17(22)13(18(23)24)9-21(10)15)8-14(19)16(11)20-6-2-3-7-20;/h2-3,6-10H,4-5H2,1H3,(H,23,24);1H2. The highest BCUT2D eigenvalue weighted by atomic mass is 19.1. The van der Waals surface area contributed by atoms with Crippen LogP contribution in [0.25, 0.3) is 16.6 Å². The topological polar surface area (TPSA) is 95.7 Å². The van der Waals surface area contributed by atoms with E-state index in [1.807, 2.05) is 19.1 Å². The monoisotopic (exact) mass is 344 g/mol. The number of hydrogen-bond donors (Lipinski definition) is 1. The molecule has 2 aromatic heterocycles. The van der Waals surface area contributed by atoms with Crippen molar-refractivity contribution < 1.29 is 19.8 Å². The van der Waals surface area contributed by atoms with Gasteiger partial charge in [-0.05, 0) is 38.0 Å². The maximum atomic E-state index is 14.8. The Morgan fingerprint density at radius 3 is 2.64 bits per heavy atom. The molecule has 1 aromatic carbocycles. The summed E-state index contributed by atoms with van der Waals surface area (Å²) in [6, 6.07) is 4.82. The summed E-state index contributed by atoms with van der Waals surface area (Å²) in [4.78, 5) is 23.9. The van der Waals surface area contributed by atoms with E-state index in [0.717, 1.165) is 18.1 Å². The van der Waals surface area contributed by atoms with E-state index in [-0.39, 0.29) is 22.5 Å². The van der Waals surface area contributed by atoms with Gasteiger partial charge in [0.1, 0.15) is 11.4 Å². The molecule has 0 saturated heterocycles. The molecular weight excluding hydrogens is 327 g/mol. The number of carboxylic acids is 1.